The van der Waals surface area contributed by atoms with Crippen molar-refractivity contribution >= 4 is 39.9 Å². The van der Waals surface area contributed by atoms with E-state index >= 15 is 0 Å². The van der Waals surface area contributed by atoms with Gasteiger partial charge in [0.05, 0.1) is 6.54 Å². The molecule has 1 N–H and O–H groups in total. The molecule has 1 amide bonds. The van der Waals surface area contributed by atoms with E-state index in [0.29, 0.717) is 23.2 Å². The molecular formula is C25H26Cl2N2O2. The molecule has 0 aliphatic carbocycles. The minimum atomic E-state index is 0.0533. The van der Waals surface area contributed by atoms with Crippen molar-refractivity contribution in [3.8, 4) is 5.75 Å². The van der Waals surface area contributed by atoms with Crippen LogP contribution >= 0.6 is 23.2 Å². The molecule has 1 aliphatic rings. The van der Waals surface area contributed by atoms with Gasteiger partial charge in [-0.05, 0) is 66.5 Å². The van der Waals surface area contributed by atoms with Gasteiger partial charge in [-0.15, -0.1) is 0 Å². The lowest BCUT2D eigenvalue weighted by Gasteiger charge is -2.31. The molecule has 0 unspecified atom stereocenters. The number of hydrogen-bond acceptors (Lipinski definition) is 3. The number of ether oxygens (including phenoxy) is 1. The summed E-state index contributed by atoms with van der Waals surface area (Å²) in [6, 6.07) is 19.8. The first-order valence-corrected chi connectivity index (χ1v) is 11.4. The Kier molecular flexibility index (Phi) is 7.33. The second-order valence-electron chi connectivity index (χ2n) is 7.93. The van der Waals surface area contributed by atoms with Crippen molar-refractivity contribution in [1.82, 2.24) is 10.2 Å². The summed E-state index contributed by atoms with van der Waals surface area (Å²) in [4.78, 5) is 14.9. The fourth-order valence-electron chi connectivity index (χ4n) is 3.99. The van der Waals surface area contributed by atoms with E-state index in [-0.39, 0.29) is 11.8 Å². The maximum absolute atomic E-state index is 12.5. The summed E-state index contributed by atoms with van der Waals surface area (Å²) in [5.41, 5.74) is 1.07. The molecule has 1 heterocycles. The highest BCUT2D eigenvalue weighted by Crippen LogP contribution is 2.25. The Morgan fingerprint density at radius 2 is 1.77 bits per heavy atom. The Balaban J connectivity index is 1.17. The number of nitrogens with zero attached hydrogens (tertiary/aromatic N) is 1. The number of amides is 1. The van der Waals surface area contributed by atoms with E-state index in [2.05, 4.69) is 22.3 Å². The maximum Gasteiger partial charge on any atom is 0.223 e. The molecule has 4 nitrogen and oxygen atoms in total. The SMILES string of the molecule is O=C(NCCOc1ccc2ccccc2c1)C1CCN(Cc2ccc(Cl)cc2Cl)CC1. The van der Waals surface area contributed by atoms with Crippen LogP contribution in [-0.2, 0) is 11.3 Å². The summed E-state index contributed by atoms with van der Waals surface area (Å²) in [7, 11) is 0. The van der Waals surface area contributed by atoms with Crippen molar-refractivity contribution in [2.75, 3.05) is 26.2 Å². The van der Waals surface area contributed by atoms with Gasteiger partial charge in [0.2, 0.25) is 5.91 Å². The van der Waals surface area contributed by atoms with Crippen LogP contribution in [0.5, 0.6) is 5.75 Å². The molecule has 0 radical (unpaired) electrons. The molecule has 1 saturated heterocycles. The van der Waals surface area contributed by atoms with Gasteiger partial charge in [-0.1, -0.05) is 59.6 Å². The summed E-state index contributed by atoms with van der Waals surface area (Å²) in [6.07, 6.45) is 1.70. The Morgan fingerprint density at radius 1 is 1.00 bits per heavy atom. The monoisotopic (exact) mass is 456 g/mol. The van der Waals surface area contributed by atoms with E-state index in [0.717, 1.165) is 49.2 Å². The van der Waals surface area contributed by atoms with Crippen LogP contribution in [0.15, 0.2) is 60.7 Å². The van der Waals surface area contributed by atoms with Crippen molar-refractivity contribution in [2.24, 2.45) is 5.92 Å². The van der Waals surface area contributed by atoms with E-state index < -0.39 is 0 Å². The molecule has 3 aromatic rings. The van der Waals surface area contributed by atoms with Crippen LogP contribution in [-0.4, -0.2) is 37.0 Å². The first-order chi connectivity index (χ1) is 15.1. The second-order valence-corrected chi connectivity index (χ2v) is 8.78. The van der Waals surface area contributed by atoms with Crippen molar-refractivity contribution in [1.29, 1.82) is 0 Å². The number of fused-ring (bicyclic) bond motifs is 1. The number of piperidine rings is 1. The Bertz CT molecular complexity index is 1050. The molecule has 3 aromatic carbocycles. The molecule has 1 fully saturated rings. The van der Waals surface area contributed by atoms with Crippen molar-refractivity contribution < 1.29 is 9.53 Å². The van der Waals surface area contributed by atoms with Crippen LogP contribution < -0.4 is 10.1 Å². The van der Waals surface area contributed by atoms with Gasteiger partial charge >= 0.3 is 0 Å². The van der Waals surface area contributed by atoms with Crippen molar-refractivity contribution in [3.05, 3.63) is 76.3 Å². The molecule has 0 bridgehead atoms. The average molecular weight is 457 g/mol. The summed E-state index contributed by atoms with van der Waals surface area (Å²) in [5, 5.41) is 6.70. The smallest absolute Gasteiger partial charge is 0.223 e. The number of likely N-dealkylation sites (tertiary alicyclic amines) is 1. The number of nitrogens with one attached hydrogen (secondary N) is 1. The number of rotatable bonds is 7. The molecule has 0 aromatic heterocycles. The van der Waals surface area contributed by atoms with Crippen LogP contribution in [0.3, 0.4) is 0 Å². The zero-order chi connectivity index (χ0) is 21.6. The number of carbonyl (C=O) groups excluding carboxylic acids is 1. The molecule has 1 aliphatic heterocycles. The molecule has 31 heavy (non-hydrogen) atoms. The topological polar surface area (TPSA) is 41.6 Å². The summed E-state index contributed by atoms with van der Waals surface area (Å²) >= 11 is 12.3. The fourth-order valence-corrected chi connectivity index (χ4v) is 4.46. The molecule has 6 heteroatoms. The van der Waals surface area contributed by atoms with Gasteiger partial charge in [0.25, 0.3) is 0 Å². The Labute approximate surface area is 193 Å². The minimum absolute atomic E-state index is 0.0533. The number of halogens is 2. The molecule has 4 rings (SSSR count). The third-order valence-electron chi connectivity index (χ3n) is 5.76. The third kappa shape index (κ3) is 5.91. The highest BCUT2D eigenvalue weighted by Gasteiger charge is 2.25. The van der Waals surface area contributed by atoms with Crippen molar-refractivity contribution in [2.45, 2.75) is 19.4 Å². The predicted octanol–water partition coefficient (Wildman–Crippen LogP) is 5.55. The number of hydrogen-bond donors (Lipinski definition) is 1. The number of benzene rings is 3. The van der Waals surface area contributed by atoms with Crippen LogP contribution in [0.1, 0.15) is 18.4 Å². The van der Waals surface area contributed by atoms with Gasteiger partial charge in [0, 0.05) is 22.5 Å². The van der Waals surface area contributed by atoms with E-state index in [1.807, 2.05) is 42.5 Å². The van der Waals surface area contributed by atoms with E-state index in [4.69, 9.17) is 27.9 Å². The van der Waals surface area contributed by atoms with Crippen LogP contribution in [0, 0.1) is 5.92 Å². The standard InChI is InChI=1S/C25H26Cl2N2O2/c26-22-7-5-21(24(27)16-22)17-29-12-9-19(10-13-29)25(30)28-11-14-31-23-8-6-18-3-1-2-4-20(18)15-23/h1-8,15-16,19H,9-14,17H2,(H,28,30). The maximum atomic E-state index is 12.5. The first kappa shape index (κ1) is 21.9. The zero-order valence-corrected chi connectivity index (χ0v) is 18.8. The minimum Gasteiger partial charge on any atom is -0.492 e. The Morgan fingerprint density at radius 3 is 2.55 bits per heavy atom. The van der Waals surface area contributed by atoms with Gasteiger partial charge in [-0.25, -0.2) is 0 Å². The summed E-state index contributed by atoms with van der Waals surface area (Å²) < 4.78 is 5.81. The van der Waals surface area contributed by atoms with Gasteiger partial charge in [0.1, 0.15) is 12.4 Å². The largest absolute Gasteiger partial charge is 0.492 e. The quantitative estimate of drug-likeness (QED) is 0.473. The first-order valence-electron chi connectivity index (χ1n) is 10.6. The second kappa shape index (κ2) is 10.4. The molecule has 0 saturated carbocycles. The van der Waals surface area contributed by atoms with Gasteiger partial charge in [0.15, 0.2) is 0 Å². The third-order valence-corrected chi connectivity index (χ3v) is 6.35. The van der Waals surface area contributed by atoms with Crippen LogP contribution in [0.4, 0.5) is 0 Å². The predicted molar refractivity (Wildman–Crippen MR) is 127 cm³/mol. The zero-order valence-electron chi connectivity index (χ0n) is 17.3. The van der Waals surface area contributed by atoms with Gasteiger partial charge in [-0.2, -0.15) is 0 Å². The lowest BCUT2D eigenvalue weighted by molar-refractivity contribution is -0.126. The molecular weight excluding hydrogens is 431 g/mol. The van der Waals surface area contributed by atoms with Crippen LogP contribution in [0.2, 0.25) is 10.0 Å². The van der Waals surface area contributed by atoms with E-state index in [9.17, 15) is 4.79 Å². The van der Waals surface area contributed by atoms with Crippen LogP contribution in [0.25, 0.3) is 10.8 Å². The summed E-state index contributed by atoms with van der Waals surface area (Å²) in [6.45, 7) is 3.50. The van der Waals surface area contributed by atoms with Crippen molar-refractivity contribution in [3.63, 3.8) is 0 Å². The summed E-state index contributed by atoms with van der Waals surface area (Å²) in [5.74, 6) is 0.992. The van der Waals surface area contributed by atoms with E-state index in [1.165, 1.54) is 5.39 Å². The lowest BCUT2D eigenvalue weighted by atomic mass is 9.95. The van der Waals surface area contributed by atoms with E-state index in [1.54, 1.807) is 6.07 Å². The van der Waals surface area contributed by atoms with Gasteiger partial charge in [-0.3, -0.25) is 9.69 Å². The lowest BCUT2D eigenvalue weighted by Crippen LogP contribution is -2.41. The average Bonchev–Trinajstić information content (AvgIpc) is 2.79. The number of carbonyl (C=O) groups is 1. The highest BCUT2D eigenvalue weighted by atomic mass is 35.5. The molecule has 0 atom stereocenters. The Hall–Kier alpha value is -2.27. The fraction of sp³-hybridized carbons (Fsp3) is 0.320. The normalized spacial score (nSPS) is 15.2. The van der Waals surface area contributed by atoms with Gasteiger partial charge < -0.3 is 10.1 Å². The highest BCUT2D eigenvalue weighted by molar-refractivity contribution is 6.35. The molecule has 0 spiro atoms. The molecule has 162 valence electrons.